The first-order valence-electron chi connectivity index (χ1n) is 7.25. The maximum absolute atomic E-state index is 12.4. The van der Waals surface area contributed by atoms with Gasteiger partial charge in [0.05, 0.1) is 20.3 Å². The van der Waals surface area contributed by atoms with E-state index in [0.29, 0.717) is 5.56 Å². The molecule has 0 amide bonds. The third-order valence-corrected chi connectivity index (χ3v) is 3.77. The van der Waals surface area contributed by atoms with Crippen LogP contribution >= 0.6 is 0 Å². The Kier molecular flexibility index (Phi) is 7.34. The number of rotatable bonds is 8. The number of methoxy groups -OCH3 is 2. The fraction of sp³-hybridized carbons (Fsp3) is 0.412. The quantitative estimate of drug-likeness (QED) is 0.182. The number of esters is 2. The molecule has 7 nitrogen and oxygen atoms in total. The largest absolute Gasteiger partial charge is 0.468 e. The highest BCUT2D eigenvalue weighted by atomic mass is 16.5. The molecule has 0 aromatic heterocycles. The lowest BCUT2D eigenvalue weighted by Crippen LogP contribution is -2.42. The minimum Gasteiger partial charge on any atom is -0.468 e. The molecular formula is C17H19N3O4. The average molecular weight is 329 g/mol. The number of carbonyl (C=O) groups excluding carboxylic acids is 2. The molecule has 0 radical (unpaired) electrons. The molecular weight excluding hydrogens is 310 g/mol. The Balaban J connectivity index is 3.35. The SMILES string of the molecule is C#CCCC(CC(N=[N+]=[N-])c1ccccc1)(C(=O)OC)C(=O)OC. The van der Waals surface area contributed by atoms with Gasteiger partial charge >= 0.3 is 11.9 Å². The van der Waals surface area contributed by atoms with Gasteiger partial charge in [0.1, 0.15) is 0 Å². The Morgan fingerprint density at radius 1 is 1.29 bits per heavy atom. The van der Waals surface area contributed by atoms with Crippen molar-refractivity contribution in [3.05, 3.63) is 46.3 Å². The Morgan fingerprint density at radius 2 is 1.88 bits per heavy atom. The lowest BCUT2D eigenvalue weighted by molar-refractivity contribution is -0.170. The minimum absolute atomic E-state index is 0.0349. The van der Waals surface area contributed by atoms with Gasteiger partial charge in [-0.2, -0.15) is 0 Å². The number of ether oxygens (including phenoxy) is 2. The van der Waals surface area contributed by atoms with Crippen LogP contribution in [0, 0.1) is 17.8 Å². The molecule has 0 spiro atoms. The van der Waals surface area contributed by atoms with Gasteiger partial charge in [0.15, 0.2) is 5.41 Å². The van der Waals surface area contributed by atoms with Crippen LogP contribution in [0.4, 0.5) is 0 Å². The van der Waals surface area contributed by atoms with E-state index in [-0.39, 0.29) is 19.3 Å². The summed E-state index contributed by atoms with van der Waals surface area (Å²) in [7, 11) is 2.36. The fourth-order valence-electron chi connectivity index (χ4n) is 2.53. The molecule has 0 saturated carbocycles. The van der Waals surface area contributed by atoms with Gasteiger partial charge in [-0.3, -0.25) is 9.59 Å². The van der Waals surface area contributed by atoms with Gasteiger partial charge in [-0.05, 0) is 23.9 Å². The monoisotopic (exact) mass is 329 g/mol. The van der Waals surface area contributed by atoms with E-state index in [1.807, 2.05) is 6.07 Å². The third kappa shape index (κ3) is 4.28. The molecule has 0 heterocycles. The number of hydrogen-bond donors (Lipinski definition) is 0. The van der Waals surface area contributed by atoms with E-state index in [9.17, 15) is 9.59 Å². The topological polar surface area (TPSA) is 101 Å². The van der Waals surface area contributed by atoms with E-state index in [4.69, 9.17) is 21.4 Å². The summed E-state index contributed by atoms with van der Waals surface area (Å²) in [6.07, 6.45) is 5.39. The first-order valence-corrected chi connectivity index (χ1v) is 7.25. The lowest BCUT2D eigenvalue weighted by atomic mass is 9.76. The van der Waals surface area contributed by atoms with Gasteiger partial charge in [-0.1, -0.05) is 35.4 Å². The van der Waals surface area contributed by atoms with Crippen molar-refractivity contribution in [1.82, 2.24) is 0 Å². The van der Waals surface area contributed by atoms with Crippen LogP contribution in [0.5, 0.6) is 0 Å². The van der Waals surface area contributed by atoms with Crippen molar-refractivity contribution in [2.24, 2.45) is 10.5 Å². The molecule has 1 atom stereocenters. The number of azide groups is 1. The number of terminal acetylenes is 1. The molecule has 0 bridgehead atoms. The predicted octanol–water partition coefficient (Wildman–Crippen LogP) is 3.17. The molecule has 0 saturated heterocycles. The summed E-state index contributed by atoms with van der Waals surface area (Å²) in [5.74, 6) is 0.877. The summed E-state index contributed by atoms with van der Waals surface area (Å²) >= 11 is 0. The van der Waals surface area contributed by atoms with Crippen molar-refractivity contribution in [3.8, 4) is 12.3 Å². The molecule has 1 unspecified atom stereocenters. The fourth-order valence-corrected chi connectivity index (χ4v) is 2.53. The van der Waals surface area contributed by atoms with Crippen molar-refractivity contribution in [2.75, 3.05) is 14.2 Å². The lowest BCUT2D eigenvalue weighted by Gasteiger charge is -2.30. The Bertz CT molecular complexity index is 644. The van der Waals surface area contributed by atoms with Crippen LogP contribution in [0.3, 0.4) is 0 Å². The van der Waals surface area contributed by atoms with Crippen LogP contribution in [0.25, 0.3) is 10.4 Å². The second-order valence-corrected chi connectivity index (χ2v) is 5.10. The molecule has 0 fully saturated rings. The number of benzene rings is 1. The molecule has 0 aliphatic rings. The standard InChI is InChI=1S/C17H19N3O4/c1-4-5-11-17(15(21)23-2,16(22)24-3)12-14(19-20-18)13-9-7-6-8-10-13/h1,6-10,14H,5,11-12H2,2-3H3. The van der Waals surface area contributed by atoms with Crippen LogP contribution in [0.1, 0.15) is 30.9 Å². The zero-order valence-corrected chi connectivity index (χ0v) is 13.6. The maximum Gasteiger partial charge on any atom is 0.323 e. The summed E-state index contributed by atoms with van der Waals surface area (Å²) in [5, 5.41) is 3.73. The summed E-state index contributed by atoms with van der Waals surface area (Å²) in [6, 6.07) is 8.11. The van der Waals surface area contributed by atoms with E-state index in [1.54, 1.807) is 24.3 Å². The molecule has 24 heavy (non-hydrogen) atoms. The highest BCUT2D eigenvalue weighted by molar-refractivity contribution is 6.00. The van der Waals surface area contributed by atoms with Crippen molar-refractivity contribution in [2.45, 2.75) is 25.3 Å². The smallest absolute Gasteiger partial charge is 0.323 e. The van der Waals surface area contributed by atoms with Crippen molar-refractivity contribution < 1.29 is 19.1 Å². The van der Waals surface area contributed by atoms with Crippen LogP contribution in [-0.4, -0.2) is 26.2 Å². The molecule has 0 N–H and O–H groups in total. The second kappa shape index (κ2) is 9.23. The summed E-state index contributed by atoms with van der Waals surface area (Å²) in [6.45, 7) is 0. The van der Waals surface area contributed by atoms with Crippen LogP contribution in [-0.2, 0) is 19.1 Å². The number of hydrogen-bond acceptors (Lipinski definition) is 5. The molecule has 0 aliphatic heterocycles. The summed E-state index contributed by atoms with van der Waals surface area (Å²) in [4.78, 5) is 27.6. The van der Waals surface area contributed by atoms with Crippen LogP contribution in [0.15, 0.2) is 35.4 Å². The third-order valence-electron chi connectivity index (χ3n) is 3.77. The first kappa shape index (κ1) is 19.1. The minimum atomic E-state index is -1.63. The van der Waals surface area contributed by atoms with Crippen LogP contribution in [0.2, 0.25) is 0 Å². The van der Waals surface area contributed by atoms with E-state index in [1.165, 1.54) is 14.2 Å². The van der Waals surface area contributed by atoms with Gasteiger partial charge in [-0.25, -0.2) is 0 Å². The summed E-state index contributed by atoms with van der Waals surface area (Å²) < 4.78 is 9.62. The molecule has 7 heteroatoms. The van der Waals surface area contributed by atoms with Gasteiger partial charge in [0, 0.05) is 11.3 Å². The number of carbonyl (C=O) groups is 2. The normalized spacial score (nSPS) is 11.5. The molecule has 0 aliphatic carbocycles. The van der Waals surface area contributed by atoms with Gasteiger partial charge in [0.25, 0.3) is 0 Å². The average Bonchev–Trinajstić information content (AvgIpc) is 2.63. The number of nitrogens with zero attached hydrogens (tertiary/aromatic N) is 3. The van der Waals surface area contributed by atoms with Gasteiger partial charge < -0.3 is 9.47 Å². The Hall–Kier alpha value is -2.97. The maximum atomic E-state index is 12.4. The van der Waals surface area contributed by atoms with Crippen molar-refractivity contribution in [1.29, 1.82) is 0 Å². The second-order valence-electron chi connectivity index (χ2n) is 5.10. The zero-order chi connectivity index (χ0) is 18.0. The van der Waals surface area contributed by atoms with Gasteiger partial charge in [-0.15, -0.1) is 12.3 Å². The molecule has 1 aromatic carbocycles. The van der Waals surface area contributed by atoms with E-state index >= 15 is 0 Å². The van der Waals surface area contributed by atoms with Crippen molar-refractivity contribution in [3.63, 3.8) is 0 Å². The molecule has 1 rings (SSSR count). The molecule has 126 valence electrons. The zero-order valence-electron chi connectivity index (χ0n) is 13.6. The van der Waals surface area contributed by atoms with Crippen LogP contribution < -0.4 is 0 Å². The Labute approximate surface area is 140 Å². The highest BCUT2D eigenvalue weighted by Gasteiger charge is 2.49. The van der Waals surface area contributed by atoms with E-state index in [0.717, 1.165) is 0 Å². The molecule has 1 aromatic rings. The van der Waals surface area contributed by atoms with Gasteiger partial charge in [0.2, 0.25) is 0 Å². The predicted molar refractivity (Wildman–Crippen MR) is 87.5 cm³/mol. The van der Waals surface area contributed by atoms with E-state index in [2.05, 4.69) is 15.9 Å². The highest BCUT2D eigenvalue weighted by Crippen LogP contribution is 2.39. The first-order chi connectivity index (χ1) is 11.6. The Morgan fingerprint density at radius 3 is 2.33 bits per heavy atom. The van der Waals surface area contributed by atoms with Crippen molar-refractivity contribution >= 4 is 11.9 Å². The summed E-state index contributed by atoms with van der Waals surface area (Å²) in [5.41, 5.74) is 7.90. The van der Waals surface area contributed by atoms with E-state index < -0.39 is 23.4 Å².